The quantitative estimate of drug-likeness (QED) is 0.715. The summed E-state index contributed by atoms with van der Waals surface area (Å²) in [6.45, 7) is 4.03. The van der Waals surface area contributed by atoms with Crippen LogP contribution in [0.2, 0.25) is 0 Å². The molecule has 6 nitrogen and oxygen atoms in total. The standard InChI is InChI=1S/C23H25F3N2O4S/c1-14-12-27(18-9-7-17(8-10-18)23(24,25)26)13-15(2)28(14)33(31,32)21-19-6-4-3-5-16(19)11-20(21)22(29)30/h3-10,14-15,20-21H,11-13H2,1-2H3,(H,29,30)/t14?,15?,20-,21+/m0/s1. The van der Waals surface area contributed by atoms with Crippen LogP contribution in [0, 0.1) is 5.92 Å². The van der Waals surface area contributed by atoms with Crippen LogP contribution in [0.3, 0.4) is 0 Å². The summed E-state index contributed by atoms with van der Waals surface area (Å²) in [6, 6.07) is 10.7. The van der Waals surface area contributed by atoms with E-state index < -0.39 is 51.0 Å². The fourth-order valence-electron chi connectivity index (χ4n) is 5.16. The van der Waals surface area contributed by atoms with Gasteiger partial charge in [0.1, 0.15) is 5.25 Å². The predicted octanol–water partition coefficient (Wildman–Crippen LogP) is 3.93. The summed E-state index contributed by atoms with van der Waals surface area (Å²) >= 11 is 0. The molecule has 1 saturated heterocycles. The van der Waals surface area contributed by atoms with Gasteiger partial charge in [-0.2, -0.15) is 17.5 Å². The molecule has 2 aliphatic rings. The Labute approximate surface area is 190 Å². The molecule has 2 unspecified atom stereocenters. The predicted molar refractivity (Wildman–Crippen MR) is 117 cm³/mol. The van der Waals surface area contributed by atoms with Gasteiger partial charge in [-0.15, -0.1) is 0 Å². The van der Waals surface area contributed by atoms with Crippen LogP contribution in [0.4, 0.5) is 18.9 Å². The smallest absolute Gasteiger partial charge is 0.416 e. The van der Waals surface area contributed by atoms with Crippen LogP contribution >= 0.6 is 0 Å². The number of sulfonamides is 1. The number of alkyl halides is 3. The molecule has 1 N–H and O–H groups in total. The Morgan fingerprint density at radius 2 is 1.58 bits per heavy atom. The van der Waals surface area contributed by atoms with Crippen molar-refractivity contribution in [2.75, 3.05) is 18.0 Å². The van der Waals surface area contributed by atoms with Crippen molar-refractivity contribution in [1.82, 2.24) is 4.31 Å². The number of anilines is 1. The van der Waals surface area contributed by atoms with Crippen LogP contribution in [-0.4, -0.2) is 49.0 Å². The minimum Gasteiger partial charge on any atom is -0.481 e. The zero-order valence-corrected chi connectivity index (χ0v) is 19.0. The highest BCUT2D eigenvalue weighted by molar-refractivity contribution is 7.89. The Bertz CT molecular complexity index is 1140. The second kappa shape index (κ2) is 8.32. The minimum atomic E-state index is -4.43. The van der Waals surface area contributed by atoms with E-state index in [4.69, 9.17) is 0 Å². The Kier molecular flexibility index (Phi) is 5.94. The molecular weight excluding hydrogens is 457 g/mol. The summed E-state index contributed by atoms with van der Waals surface area (Å²) in [5.41, 5.74) is 1.08. The largest absolute Gasteiger partial charge is 0.481 e. The van der Waals surface area contributed by atoms with E-state index in [-0.39, 0.29) is 19.5 Å². The lowest BCUT2D eigenvalue weighted by molar-refractivity contribution is -0.141. The van der Waals surface area contributed by atoms with Crippen LogP contribution in [0.15, 0.2) is 48.5 Å². The molecule has 4 rings (SSSR count). The van der Waals surface area contributed by atoms with Gasteiger partial charge in [-0.3, -0.25) is 4.79 Å². The topological polar surface area (TPSA) is 77.9 Å². The number of halogens is 3. The number of fused-ring (bicyclic) bond motifs is 1. The number of nitrogens with zero attached hydrogens (tertiary/aromatic N) is 2. The van der Waals surface area contributed by atoms with E-state index in [1.807, 2.05) is 4.90 Å². The molecule has 0 spiro atoms. The molecule has 1 fully saturated rings. The highest BCUT2D eigenvalue weighted by Gasteiger charge is 2.50. The molecule has 1 aliphatic heterocycles. The molecule has 10 heteroatoms. The molecule has 1 aliphatic carbocycles. The molecule has 2 aromatic rings. The van der Waals surface area contributed by atoms with Crippen molar-refractivity contribution in [3.8, 4) is 0 Å². The third-order valence-corrected chi connectivity index (χ3v) is 9.03. The molecule has 0 saturated carbocycles. The van der Waals surface area contributed by atoms with E-state index in [9.17, 15) is 31.5 Å². The first-order valence-electron chi connectivity index (χ1n) is 10.7. The Hall–Kier alpha value is -2.59. The second-order valence-electron chi connectivity index (χ2n) is 8.79. The fourth-order valence-corrected chi connectivity index (χ4v) is 7.73. The van der Waals surface area contributed by atoms with Gasteiger partial charge in [0.05, 0.1) is 11.5 Å². The monoisotopic (exact) mass is 482 g/mol. The number of hydrogen-bond acceptors (Lipinski definition) is 4. The highest BCUT2D eigenvalue weighted by atomic mass is 32.2. The number of carbonyl (C=O) groups is 1. The number of benzene rings is 2. The first kappa shape index (κ1) is 23.6. The first-order chi connectivity index (χ1) is 15.4. The fraction of sp³-hybridized carbons (Fsp3) is 0.435. The van der Waals surface area contributed by atoms with Crippen molar-refractivity contribution in [2.24, 2.45) is 5.92 Å². The molecule has 4 atom stereocenters. The van der Waals surface area contributed by atoms with Gasteiger partial charge in [-0.05, 0) is 55.7 Å². The Morgan fingerprint density at radius 3 is 2.12 bits per heavy atom. The SMILES string of the molecule is CC1CN(c2ccc(C(F)(F)F)cc2)CC(C)N1S(=O)(=O)[C@@H]1c2ccccc2C[C@@H]1C(=O)O. The van der Waals surface area contributed by atoms with Gasteiger partial charge in [-0.1, -0.05) is 24.3 Å². The van der Waals surface area contributed by atoms with Crippen LogP contribution in [0.25, 0.3) is 0 Å². The molecule has 33 heavy (non-hydrogen) atoms. The number of carboxylic acid groups (broad SMARTS) is 1. The van der Waals surface area contributed by atoms with E-state index in [1.54, 1.807) is 38.1 Å². The Morgan fingerprint density at radius 1 is 1.00 bits per heavy atom. The molecule has 0 aromatic heterocycles. The highest BCUT2D eigenvalue weighted by Crippen LogP contribution is 2.44. The summed E-state index contributed by atoms with van der Waals surface area (Å²) in [7, 11) is -4.02. The first-order valence-corrected chi connectivity index (χ1v) is 12.2. The zero-order chi connectivity index (χ0) is 24.1. The minimum absolute atomic E-state index is 0.156. The summed E-state index contributed by atoms with van der Waals surface area (Å²) in [5, 5.41) is 8.58. The van der Waals surface area contributed by atoms with Gasteiger partial charge in [0.25, 0.3) is 0 Å². The molecular formula is C23H25F3N2O4S. The second-order valence-corrected chi connectivity index (χ2v) is 10.8. The van der Waals surface area contributed by atoms with E-state index in [0.717, 1.165) is 17.7 Å². The third-order valence-electron chi connectivity index (χ3n) is 6.50. The molecule has 0 bridgehead atoms. The lowest BCUT2D eigenvalue weighted by atomic mass is 10.1. The van der Waals surface area contributed by atoms with Crippen molar-refractivity contribution < 1.29 is 31.5 Å². The third kappa shape index (κ3) is 4.21. The molecule has 0 radical (unpaired) electrons. The molecule has 178 valence electrons. The average Bonchev–Trinajstić information content (AvgIpc) is 3.13. The molecule has 2 aromatic carbocycles. The number of piperazine rings is 1. The average molecular weight is 483 g/mol. The van der Waals surface area contributed by atoms with E-state index in [1.165, 1.54) is 16.4 Å². The maximum Gasteiger partial charge on any atom is 0.416 e. The number of hydrogen-bond donors (Lipinski definition) is 1. The van der Waals surface area contributed by atoms with Gasteiger partial charge >= 0.3 is 12.1 Å². The Balaban J connectivity index is 1.61. The van der Waals surface area contributed by atoms with Crippen molar-refractivity contribution in [1.29, 1.82) is 0 Å². The van der Waals surface area contributed by atoms with E-state index in [2.05, 4.69) is 0 Å². The number of rotatable bonds is 4. The van der Waals surface area contributed by atoms with Crippen LogP contribution < -0.4 is 4.90 Å². The van der Waals surface area contributed by atoms with Gasteiger partial charge in [-0.25, -0.2) is 8.42 Å². The lowest BCUT2D eigenvalue weighted by Crippen LogP contribution is -2.59. The normalized spacial score (nSPS) is 26.3. The van der Waals surface area contributed by atoms with Crippen molar-refractivity contribution in [2.45, 2.75) is 43.8 Å². The molecule has 1 heterocycles. The summed E-state index contributed by atoms with van der Waals surface area (Å²) < 4.78 is 67.6. The summed E-state index contributed by atoms with van der Waals surface area (Å²) in [5.74, 6) is -2.22. The van der Waals surface area contributed by atoms with Crippen molar-refractivity contribution in [3.05, 3.63) is 65.2 Å². The van der Waals surface area contributed by atoms with Crippen LogP contribution in [0.1, 0.15) is 35.8 Å². The maximum atomic E-state index is 13.8. The summed E-state index contributed by atoms with van der Waals surface area (Å²) in [6.07, 6.45) is -4.27. The number of aliphatic carboxylic acids is 1. The maximum absolute atomic E-state index is 13.8. The van der Waals surface area contributed by atoms with Crippen LogP contribution in [0.5, 0.6) is 0 Å². The van der Waals surface area contributed by atoms with Gasteiger partial charge < -0.3 is 10.0 Å². The van der Waals surface area contributed by atoms with E-state index in [0.29, 0.717) is 11.3 Å². The van der Waals surface area contributed by atoms with Crippen molar-refractivity contribution in [3.63, 3.8) is 0 Å². The van der Waals surface area contributed by atoms with Gasteiger partial charge in [0, 0.05) is 30.9 Å². The zero-order valence-electron chi connectivity index (χ0n) is 18.2. The van der Waals surface area contributed by atoms with Crippen LogP contribution in [-0.2, 0) is 27.4 Å². The van der Waals surface area contributed by atoms with E-state index >= 15 is 0 Å². The number of carboxylic acids is 1. The summed E-state index contributed by atoms with van der Waals surface area (Å²) in [4.78, 5) is 13.8. The molecule has 0 amide bonds. The lowest BCUT2D eigenvalue weighted by Gasteiger charge is -2.45. The van der Waals surface area contributed by atoms with Gasteiger partial charge in [0.2, 0.25) is 10.0 Å². The van der Waals surface area contributed by atoms with Crippen molar-refractivity contribution >= 4 is 21.7 Å². The van der Waals surface area contributed by atoms with Gasteiger partial charge in [0.15, 0.2) is 0 Å².